The maximum Gasteiger partial charge on any atom is 0.257 e. The smallest absolute Gasteiger partial charge is 0.257 e. The first-order valence-corrected chi connectivity index (χ1v) is 7.15. The highest BCUT2D eigenvalue weighted by molar-refractivity contribution is 6.31. The number of Topliss-reactive ketones (excluding diaryl/α,β-unsaturated/α-hetero) is 1. The average Bonchev–Trinajstić information content (AvgIpc) is 2.41. The van der Waals surface area contributed by atoms with E-state index in [-0.39, 0.29) is 29.0 Å². The van der Waals surface area contributed by atoms with E-state index in [0.717, 1.165) is 19.3 Å². The number of carbonyl (C=O) groups excluding carboxylic acids is 2. The highest BCUT2D eigenvalue weighted by Gasteiger charge is 2.29. The highest BCUT2D eigenvalue weighted by Crippen LogP contribution is 2.27. The first-order chi connectivity index (χ1) is 9.49. The summed E-state index contributed by atoms with van der Waals surface area (Å²) in [6, 6.07) is 4.35. The fourth-order valence-electron chi connectivity index (χ4n) is 2.65. The molecule has 0 radical (unpaired) electrons. The molecule has 1 aromatic rings. The number of ketones is 1. The summed E-state index contributed by atoms with van der Waals surface area (Å²) in [5.74, 6) is -0.257. The largest absolute Gasteiger partial charge is 0.507 e. The van der Waals surface area contributed by atoms with Crippen molar-refractivity contribution in [2.75, 3.05) is 6.54 Å². The Labute approximate surface area is 123 Å². The number of halogens is 1. The molecule has 20 heavy (non-hydrogen) atoms. The molecule has 5 heteroatoms. The zero-order chi connectivity index (χ0) is 14.7. The van der Waals surface area contributed by atoms with Crippen LogP contribution in [0.2, 0.25) is 5.02 Å². The molecule has 0 saturated carbocycles. The number of phenolic OH excluding ortho intramolecular Hbond substituents is 1. The van der Waals surface area contributed by atoms with E-state index in [1.807, 2.05) is 0 Å². The van der Waals surface area contributed by atoms with Gasteiger partial charge in [-0.05, 0) is 44.4 Å². The molecule has 1 unspecified atom stereocenters. The molecule has 1 saturated heterocycles. The van der Waals surface area contributed by atoms with E-state index >= 15 is 0 Å². The van der Waals surface area contributed by atoms with Crippen molar-refractivity contribution in [1.29, 1.82) is 0 Å². The molecule has 1 aromatic carbocycles. The van der Waals surface area contributed by atoms with Crippen LogP contribution < -0.4 is 0 Å². The van der Waals surface area contributed by atoms with E-state index in [9.17, 15) is 14.7 Å². The van der Waals surface area contributed by atoms with Crippen LogP contribution in [-0.2, 0) is 4.79 Å². The number of piperidine rings is 1. The second kappa shape index (κ2) is 6.27. The van der Waals surface area contributed by atoms with Crippen molar-refractivity contribution >= 4 is 23.3 Å². The monoisotopic (exact) mass is 295 g/mol. The number of benzene rings is 1. The normalized spacial score (nSPS) is 18.9. The van der Waals surface area contributed by atoms with Crippen molar-refractivity contribution < 1.29 is 14.7 Å². The lowest BCUT2D eigenvalue weighted by atomic mass is 9.96. The first-order valence-electron chi connectivity index (χ1n) is 6.78. The molecule has 0 aliphatic carbocycles. The fraction of sp³-hybridized carbons (Fsp3) is 0.467. The molecule has 1 N–H and O–H groups in total. The van der Waals surface area contributed by atoms with Gasteiger partial charge in [0.25, 0.3) is 5.91 Å². The van der Waals surface area contributed by atoms with Crippen molar-refractivity contribution in [1.82, 2.24) is 4.90 Å². The van der Waals surface area contributed by atoms with E-state index in [2.05, 4.69) is 0 Å². The number of likely N-dealkylation sites (tertiary alicyclic amines) is 1. The van der Waals surface area contributed by atoms with Gasteiger partial charge >= 0.3 is 0 Å². The quantitative estimate of drug-likeness (QED) is 0.932. The molecule has 1 aliphatic rings. The van der Waals surface area contributed by atoms with Crippen molar-refractivity contribution in [2.24, 2.45) is 0 Å². The lowest BCUT2D eigenvalue weighted by Crippen LogP contribution is -2.44. The van der Waals surface area contributed by atoms with E-state index in [1.165, 1.54) is 25.1 Å². The van der Waals surface area contributed by atoms with Gasteiger partial charge in [0.15, 0.2) is 0 Å². The van der Waals surface area contributed by atoms with Gasteiger partial charge in [0, 0.05) is 24.0 Å². The fourth-order valence-corrected chi connectivity index (χ4v) is 2.82. The highest BCUT2D eigenvalue weighted by atomic mass is 35.5. The summed E-state index contributed by atoms with van der Waals surface area (Å²) < 4.78 is 0. The number of rotatable bonds is 3. The number of nitrogens with zero attached hydrogens (tertiary/aromatic N) is 1. The van der Waals surface area contributed by atoms with Crippen LogP contribution in [-0.4, -0.2) is 34.3 Å². The minimum absolute atomic E-state index is 0.0741. The maximum absolute atomic E-state index is 12.6. The van der Waals surface area contributed by atoms with Crippen molar-refractivity contribution in [3.05, 3.63) is 28.8 Å². The van der Waals surface area contributed by atoms with Crippen molar-refractivity contribution in [3.8, 4) is 5.75 Å². The molecule has 108 valence electrons. The predicted octanol–water partition coefficient (Wildman–Crippen LogP) is 3.02. The van der Waals surface area contributed by atoms with Crippen molar-refractivity contribution in [2.45, 2.75) is 38.6 Å². The van der Waals surface area contributed by atoms with Gasteiger partial charge in [0.1, 0.15) is 11.5 Å². The summed E-state index contributed by atoms with van der Waals surface area (Å²) in [6.07, 6.45) is 3.13. The summed E-state index contributed by atoms with van der Waals surface area (Å²) in [5.41, 5.74) is 0.202. The van der Waals surface area contributed by atoms with Crippen LogP contribution in [0.4, 0.5) is 0 Å². The minimum Gasteiger partial charge on any atom is -0.507 e. The third kappa shape index (κ3) is 3.31. The molecule has 2 rings (SSSR count). The van der Waals surface area contributed by atoms with Crippen molar-refractivity contribution in [3.63, 3.8) is 0 Å². The Morgan fingerprint density at radius 1 is 1.40 bits per heavy atom. The van der Waals surface area contributed by atoms with E-state index in [0.29, 0.717) is 18.0 Å². The Kier molecular flexibility index (Phi) is 4.65. The topological polar surface area (TPSA) is 57.6 Å². The zero-order valence-electron chi connectivity index (χ0n) is 11.4. The third-order valence-corrected chi connectivity index (χ3v) is 3.84. The molecule has 1 aliphatic heterocycles. The Morgan fingerprint density at radius 3 is 2.85 bits per heavy atom. The molecule has 1 heterocycles. The molecular weight excluding hydrogens is 278 g/mol. The van der Waals surface area contributed by atoms with Crippen LogP contribution in [0.15, 0.2) is 18.2 Å². The van der Waals surface area contributed by atoms with Gasteiger partial charge < -0.3 is 10.0 Å². The second-order valence-corrected chi connectivity index (χ2v) is 5.65. The molecular formula is C15H18ClNO3. The van der Waals surface area contributed by atoms with Crippen LogP contribution in [0.3, 0.4) is 0 Å². The summed E-state index contributed by atoms with van der Waals surface area (Å²) in [5, 5.41) is 10.2. The number of aromatic hydroxyl groups is 1. The summed E-state index contributed by atoms with van der Waals surface area (Å²) >= 11 is 5.88. The Balaban J connectivity index is 2.25. The van der Waals surface area contributed by atoms with E-state index in [1.54, 1.807) is 4.90 Å². The van der Waals surface area contributed by atoms with Gasteiger partial charge in [-0.1, -0.05) is 11.6 Å². The van der Waals surface area contributed by atoms with Gasteiger partial charge in [0.05, 0.1) is 5.56 Å². The Bertz CT molecular complexity index is 530. The summed E-state index contributed by atoms with van der Waals surface area (Å²) in [7, 11) is 0. The molecule has 1 fully saturated rings. The SMILES string of the molecule is CC(=O)CC1CCCCN1C(=O)c1cc(Cl)ccc1O. The van der Waals surface area contributed by atoms with Crippen LogP contribution in [0, 0.1) is 0 Å². The molecule has 0 bridgehead atoms. The van der Waals surface area contributed by atoms with Crippen LogP contribution in [0.1, 0.15) is 43.0 Å². The average molecular weight is 296 g/mol. The molecule has 0 aromatic heterocycles. The minimum atomic E-state index is -0.254. The molecule has 0 spiro atoms. The van der Waals surface area contributed by atoms with E-state index < -0.39 is 0 Å². The van der Waals surface area contributed by atoms with Gasteiger partial charge in [-0.2, -0.15) is 0 Å². The summed E-state index contributed by atoms with van der Waals surface area (Å²) in [4.78, 5) is 25.6. The van der Waals surface area contributed by atoms with Gasteiger partial charge in [-0.25, -0.2) is 0 Å². The Morgan fingerprint density at radius 2 is 2.15 bits per heavy atom. The van der Waals surface area contributed by atoms with Crippen LogP contribution in [0.5, 0.6) is 5.75 Å². The lowest BCUT2D eigenvalue weighted by molar-refractivity contribution is -0.118. The molecule has 4 nitrogen and oxygen atoms in total. The number of carbonyl (C=O) groups is 2. The Hall–Kier alpha value is -1.55. The lowest BCUT2D eigenvalue weighted by Gasteiger charge is -2.35. The maximum atomic E-state index is 12.6. The number of hydrogen-bond acceptors (Lipinski definition) is 3. The molecule has 1 atom stereocenters. The van der Waals surface area contributed by atoms with Crippen LogP contribution >= 0.6 is 11.6 Å². The predicted molar refractivity (Wildman–Crippen MR) is 77.1 cm³/mol. The number of hydrogen-bond donors (Lipinski definition) is 1. The zero-order valence-corrected chi connectivity index (χ0v) is 12.2. The standard InChI is InChI=1S/C15H18ClNO3/c1-10(18)8-12-4-2-3-7-17(12)15(20)13-9-11(16)5-6-14(13)19/h5-6,9,12,19H,2-4,7-8H2,1H3. The molecule has 1 amide bonds. The second-order valence-electron chi connectivity index (χ2n) is 5.22. The van der Waals surface area contributed by atoms with Crippen LogP contribution in [0.25, 0.3) is 0 Å². The first kappa shape index (κ1) is 14.9. The van der Waals surface area contributed by atoms with Gasteiger partial charge in [-0.15, -0.1) is 0 Å². The van der Waals surface area contributed by atoms with E-state index in [4.69, 9.17) is 11.6 Å². The number of phenols is 1. The van der Waals surface area contributed by atoms with Gasteiger partial charge in [-0.3, -0.25) is 9.59 Å². The van der Waals surface area contributed by atoms with Gasteiger partial charge in [0.2, 0.25) is 0 Å². The third-order valence-electron chi connectivity index (χ3n) is 3.60. The number of amides is 1. The summed E-state index contributed by atoms with van der Waals surface area (Å²) in [6.45, 7) is 2.15.